The number of carboxylic acids is 1. The number of benzene rings is 2. The van der Waals surface area contributed by atoms with Gasteiger partial charge in [-0.15, -0.1) is 0 Å². The van der Waals surface area contributed by atoms with E-state index < -0.39 is 5.97 Å². The number of carbonyl (C=O) groups is 2. The van der Waals surface area contributed by atoms with Crippen LogP contribution in [0.5, 0.6) is 5.75 Å². The molecule has 3 rings (SSSR count). The van der Waals surface area contributed by atoms with E-state index in [1.807, 2.05) is 6.07 Å². The summed E-state index contributed by atoms with van der Waals surface area (Å²) in [5.41, 5.74) is 3.13. The minimum atomic E-state index is -1.05. The van der Waals surface area contributed by atoms with Crippen LogP contribution >= 0.6 is 0 Å². The maximum atomic E-state index is 12.9. The van der Waals surface area contributed by atoms with Crippen molar-refractivity contribution in [3.05, 3.63) is 70.8 Å². The van der Waals surface area contributed by atoms with Gasteiger partial charge in [0.25, 0.3) is 5.91 Å². The summed E-state index contributed by atoms with van der Waals surface area (Å²) in [5.74, 6) is -1.04. The van der Waals surface area contributed by atoms with Crippen molar-refractivity contribution in [2.75, 3.05) is 13.1 Å². The predicted octanol–water partition coefficient (Wildman–Crippen LogP) is 3.33. The van der Waals surface area contributed by atoms with Crippen molar-refractivity contribution in [3.8, 4) is 5.75 Å². The molecular formula is C20H19NO4. The lowest BCUT2D eigenvalue weighted by Gasteiger charge is -2.28. The average Bonchev–Trinajstić information content (AvgIpc) is 2.61. The molecule has 2 N–H and O–H groups in total. The largest absolute Gasteiger partial charge is 0.508 e. The summed E-state index contributed by atoms with van der Waals surface area (Å²) in [6, 6.07) is 11.6. The standard InChI is InChI=1S/C20H19NO4/c1-13-7-8-15(20(24)25)11-18(13)19(23)21-9-3-5-16(12-21)14-4-2-6-17(22)10-14/h2,4-8,10-11,22H,3,9,12H2,1H3,(H,24,25). The van der Waals surface area contributed by atoms with Crippen molar-refractivity contribution in [2.24, 2.45) is 0 Å². The number of carboxylic acid groups (broad SMARTS) is 1. The SMILES string of the molecule is Cc1ccc(C(=O)O)cc1C(=O)N1CCC=C(c2cccc(O)c2)C1. The van der Waals surface area contributed by atoms with Crippen LogP contribution in [0.15, 0.2) is 48.5 Å². The number of rotatable bonds is 3. The zero-order valence-electron chi connectivity index (χ0n) is 13.9. The molecule has 0 saturated carbocycles. The van der Waals surface area contributed by atoms with Crippen LogP contribution in [0, 0.1) is 6.92 Å². The van der Waals surface area contributed by atoms with E-state index in [1.165, 1.54) is 12.1 Å². The minimum Gasteiger partial charge on any atom is -0.508 e. The van der Waals surface area contributed by atoms with Crippen LogP contribution in [0.1, 0.15) is 38.3 Å². The van der Waals surface area contributed by atoms with E-state index >= 15 is 0 Å². The quantitative estimate of drug-likeness (QED) is 0.900. The molecule has 0 unspecified atom stereocenters. The molecule has 5 heteroatoms. The first kappa shape index (κ1) is 16.8. The first-order valence-electron chi connectivity index (χ1n) is 8.07. The second-order valence-electron chi connectivity index (χ2n) is 6.13. The van der Waals surface area contributed by atoms with Crippen LogP contribution in [0.2, 0.25) is 0 Å². The highest BCUT2D eigenvalue weighted by molar-refractivity contribution is 5.99. The van der Waals surface area contributed by atoms with Crippen molar-refractivity contribution in [1.29, 1.82) is 0 Å². The summed E-state index contributed by atoms with van der Waals surface area (Å²) in [5, 5.41) is 18.8. The summed E-state index contributed by atoms with van der Waals surface area (Å²) in [4.78, 5) is 25.8. The number of hydrogen-bond acceptors (Lipinski definition) is 3. The number of phenolic OH excluding ortho intramolecular Hbond substituents is 1. The molecule has 0 aliphatic carbocycles. The van der Waals surface area contributed by atoms with Crippen LogP contribution in [-0.4, -0.2) is 40.1 Å². The van der Waals surface area contributed by atoms with Gasteiger partial charge in [0.05, 0.1) is 5.56 Å². The molecule has 2 aromatic rings. The maximum Gasteiger partial charge on any atom is 0.335 e. The number of amides is 1. The van der Waals surface area contributed by atoms with Gasteiger partial charge in [0, 0.05) is 18.7 Å². The first-order valence-corrected chi connectivity index (χ1v) is 8.07. The molecule has 0 radical (unpaired) electrons. The highest BCUT2D eigenvalue weighted by Gasteiger charge is 2.22. The van der Waals surface area contributed by atoms with E-state index in [4.69, 9.17) is 5.11 Å². The Kier molecular flexibility index (Phi) is 4.57. The number of phenols is 1. The van der Waals surface area contributed by atoms with Crippen LogP contribution in [-0.2, 0) is 0 Å². The van der Waals surface area contributed by atoms with E-state index in [0.717, 1.165) is 16.7 Å². The molecular weight excluding hydrogens is 318 g/mol. The second-order valence-corrected chi connectivity index (χ2v) is 6.13. The summed E-state index contributed by atoms with van der Waals surface area (Å²) in [6.45, 7) is 2.81. The van der Waals surface area contributed by atoms with Gasteiger partial charge in [0.1, 0.15) is 5.75 Å². The molecule has 0 fully saturated rings. The number of aromatic carboxylic acids is 1. The zero-order chi connectivity index (χ0) is 18.0. The lowest BCUT2D eigenvalue weighted by Crippen LogP contribution is -2.36. The highest BCUT2D eigenvalue weighted by Crippen LogP contribution is 2.25. The van der Waals surface area contributed by atoms with Gasteiger partial charge in [-0.3, -0.25) is 4.79 Å². The van der Waals surface area contributed by atoms with Crippen LogP contribution in [0.3, 0.4) is 0 Å². The lowest BCUT2D eigenvalue weighted by molar-refractivity contribution is 0.0697. The first-order chi connectivity index (χ1) is 12.0. The fourth-order valence-electron chi connectivity index (χ4n) is 2.99. The summed E-state index contributed by atoms with van der Waals surface area (Å²) < 4.78 is 0. The Morgan fingerprint density at radius 2 is 1.92 bits per heavy atom. The third kappa shape index (κ3) is 3.55. The Balaban J connectivity index is 1.86. The van der Waals surface area contributed by atoms with E-state index in [2.05, 4.69) is 6.08 Å². The monoisotopic (exact) mass is 337 g/mol. The van der Waals surface area contributed by atoms with Crippen molar-refractivity contribution < 1.29 is 19.8 Å². The van der Waals surface area contributed by atoms with E-state index in [0.29, 0.717) is 25.1 Å². The Bertz CT molecular complexity index is 870. The Labute approximate surface area is 145 Å². The van der Waals surface area contributed by atoms with Crippen LogP contribution < -0.4 is 0 Å². The topological polar surface area (TPSA) is 77.8 Å². The van der Waals surface area contributed by atoms with E-state index in [9.17, 15) is 14.7 Å². The van der Waals surface area contributed by atoms with Crippen molar-refractivity contribution in [1.82, 2.24) is 4.90 Å². The molecule has 0 spiro atoms. The minimum absolute atomic E-state index is 0.106. The normalized spacial score (nSPS) is 14.1. The summed E-state index contributed by atoms with van der Waals surface area (Å²) >= 11 is 0. The van der Waals surface area contributed by atoms with Crippen LogP contribution in [0.4, 0.5) is 0 Å². The smallest absolute Gasteiger partial charge is 0.335 e. The molecule has 128 valence electrons. The number of aromatic hydroxyl groups is 1. The summed E-state index contributed by atoms with van der Waals surface area (Å²) in [6.07, 6.45) is 2.79. The zero-order valence-corrected chi connectivity index (χ0v) is 13.9. The molecule has 1 aliphatic rings. The Hall–Kier alpha value is -3.08. The molecule has 25 heavy (non-hydrogen) atoms. The second kappa shape index (κ2) is 6.81. The molecule has 2 aromatic carbocycles. The maximum absolute atomic E-state index is 12.9. The molecule has 1 amide bonds. The Morgan fingerprint density at radius 3 is 2.64 bits per heavy atom. The van der Waals surface area contributed by atoms with Crippen molar-refractivity contribution in [3.63, 3.8) is 0 Å². The molecule has 1 aliphatic heterocycles. The van der Waals surface area contributed by atoms with Crippen molar-refractivity contribution >= 4 is 17.4 Å². The third-order valence-electron chi connectivity index (χ3n) is 4.37. The predicted molar refractivity (Wildman–Crippen MR) is 94.7 cm³/mol. The van der Waals surface area contributed by atoms with Gasteiger partial charge in [-0.1, -0.05) is 24.3 Å². The van der Waals surface area contributed by atoms with Gasteiger partial charge in [0.2, 0.25) is 0 Å². The molecule has 0 aromatic heterocycles. The van der Waals surface area contributed by atoms with Crippen LogP contribution in [0.25, 0.3) is 5.57 Å². The third-order valence-corrected chi connectivity index (χ3v) is 4.37. The van der Waals surface area contributed by atoms with Gasteiger partial charge < -0.3 is 15.1 Å². The molecule has 1 heterocycles. The highest BCUT2D eigenvalue weighted by atomic mass is 16.4. The lowest BCUT2D eigenvalue weighted by atomic mass is 9.99. The van der Waals surface area contributed by atoms with E-state index in [-0.39, 0.29) is 17.2 Å². The molecule has 0 saturated heterocycles. The molecule has 0 bridgehead atoms. The van der Waals surface area contributed by atoms with E-state index in [1.54, 1.807) is 36.1 Å². The van der Waals surface area contributed by atoms with Gasteiger partial charge in [-0.05, 0) is 54.3 Å². The number of aryl methyl sites for hydroxylation is 1. The average molecular weight is 337 g/mol. The van der Waals surface area contributed by atoms with Gasteiger partial charge in [-0.25, -0.2) is 4.79 Å². The molecule has 0 atom stereocenters. The van der Waals surface area contributed by atoms with Gasteiger partial charge >= 0.3 is 5.97 Å². The van der Waals surface area contributed by atoms with Gasteiger partial charge in [0.15, 0.2) is 0 Å². The fourth-order valence-corrected chi connectivity index (χ4v) is 2.99. The Morgan fingerprint density at radius 1 is 1.12 bits per heavy atom. The summed E-state index contributed by atoms with van der Waals surface area (Å²) in [7, 11) is 0. The molecule has 5 nitrogen and oxygen atoms in total. The number of nitrogens with zero attached hydrogens (tertiary/aromatic N) is 1. The van der Waals surface area contributed by atoms with Gasteiger partial charge in [-0.2, -0.15) is 0 Å². The number of carbonyl (C=O) groups excluding carboxylic acids is 1. The van der Waals surface area contributed by atoms with Crippen molar-refractivity contribution in [2.45, 2.75) is 13.3 Å². The number of hydrogen-bond donors (Lipinski definition) is 2. The fraction of sp³-hybridized carbons (Fsp3) is 0.200.